The number of aliphatic hydroxyl groups excluding tert-OH is 1. The van der Waals surface area contributed by atoms with Crippen LogP contribution in [0.4, 0.5) is 0 Å². The Hall–Kier alpha value is -3.30. The SMILES string of the molecule is CCOc1ccc([C@H]2C(C(=O)c3ccc(C)o3)=C(O)C(=O)N2CCCN2CCOCC2)cc1OCC. The summed E-state index contributed by atoms with van der Waals surface area (Å²) in [5.74, 6) is 0.122. The topological polar surface area (TPSA) is 102 Å². The van der Waals surface area contributed by atoms with Gasteiger partial charge in [-0.15, -0.1) is 0 Å². The first-order valence-electron chi connectivity index (χ1n) is 12.5. The fourth-order valence-electron chi connectivity index (χ4n) is 4.68. The van der Waals surface area contributed by atoms with Gasteiger partial charge in [0, 0.05) is 26.2 Å². The number of carbonyl (C=O) groups excluding carboxylic acids is 2. The number of hydrogen-bond donors (Lipinski definition) is 1. The quantitative estimate of drug-likeness (QED) is 0.468. The smallest absolute Gasteiger partial charge is 0.290 e. The predicted molar refractivity (Wildman–Crippen MR) is 133 cm³/mol. The van der Waals surface area contributed by atoms with E-state index in [1.54, 1.807) is 42.2 Å². The summed E-state index contributed by atoms with van der Waals surface area (Å²) in [4.78, 5) is 30.6. The summed E-state index contributed by atoms with van der Waals surface area (Å²) in [6.45, 7) is 10.6. The van der Waals surface area contributed by atoms with Crippen molar-refractivity contribution in [1.82, 2.24) is 9.80 Å². The maximum absolute atomic E-state index is 13.5. The molecule has 9 heteroatoms. The highest BCUT2D eigenvalue weighted by molar-refractivity contribution is 6.15. The summed E-state index contributed by atoms with van der Waals surface area (Å²) < 4.78 is 22.4. The minimum Gasteiger partial charge on any atom is -0.503 e. The lowest BCUT2D eigenvalue weighted by atomic mass is 9.94. The van der Waals surface area contributed by atoms with E-state index in [4.69, 9.17) is 18.6 Å². The number of Topliss-reactive ketones (excluding diaryl/α,β-unsaturated/α-hetero) is 1. The highest BCUT2D eigenvalue weighted by Crippen LogP contribution is 2.42. The summed E-state index contributed by atoms with van der Waals surface area (Å²) in [6, 6.07) is 7.82. The number of aryl methyl sites for hydroxylation is 1. The molecule has 9 nitrogen and oxygen atoms in total. The Bertz CT molecular complexity index is 1120. The van der Waals surface area contributed by atoms with Gasteiger partial charge in [0.05, 0.1) is 38.0 Å². The number of ketones is 1. The van der Waals surface area contributed by atoms with Crippen molar-refractivity contribution in [3.05, 3.63) is 58.7 Å². The normalized spacial score (nSPS) is 18.7. The monoisotopic (exact) mass is 498 g/mol. The Labute approximate surface area is 211 Å². The Kier molecular flexibility index (Phi) is 8.32. The zero-order valence-electron chi connectivity index (χ0n) is 21.1. The molecule has 1 fully saturated rings. The minimum atomic E-state index is -0.782. The number of hydrogen-bond acceptors (Lipinski definition) is 8. The van der Waals surface area contributed by atoms with Crippen LogP contribution in [0.5, 0.6) is 11.5 Å². The Balaban J connectivity index is 1.67. The second-order valence-corrected chi connectivity index (χ2v) is 8.78. The van der Waals surface area contributed by atoms with E-state index in [0.29, 0.717) is 62.2 Å². The molecule has 0 saturated carbocycles. The van der Waals surface area contributed by atoms with Crippen LogP contribution in [0.1, 0.15) is 48.2 Å². The zero-order chi connectivity index (χ0) is 25.7. The van der Waals surface area contributed by atoms with Crippen LogP contribution in [0.3, 0.4) is 0 Å². The van der Waals surface area contributed by atoms with Crippen LogP contribution >= 0.6 is 0 Å². The molecule has 0 spiro atoms. The number of rotatable bonds is 11. The second-order valence-electron chi connectivity index (χ2n) is 8.78. The van der Waals surface area contributed by atoms with Gasteiger partial charge in [-0.25, -0.2) is 0 Å². The van der Waals surface area contributed by atoms with E-state index in [2.05, 4.69) is 4.90 Å². The fourth-order valence-corrected chi connectivity index (χ4v) is 4.68. The first-order valence-corrected chi connectivity index (χ1v) is 12.5. The Morgan fingerprint density at radius 1 is 1.06 bits per heavy atom. The number of amides is 1. The number of nitrogens with zero attached hydrogens (tertiary/aromatic N) is 2. The average Bonchev–Trinajstić information content (AvgIpc) is 3.42. The van der Waals surface area contributed by atoms with Gasteiger partial charge in [-0.3, -0.25) is 14.5 Å². The van der Waals surface area contributed by atoms with Crippen molar-refractivity contribution in [3.63, 3.8) is 0 Å². The van der Waals surface area contributed by atoms with Gasteiger partial charge in [-0.05, 0) is 57.0 Å². The zero-order valence-corrected chi connectivity index (χ0v) is 21.1. The van der Waals surface area contributed by atoms with E-state index in [1.165, 1.54) is 0 Å². The number of ether oxygens (including phenoxy) is 3. The third kappa shape index (κ3) is 5.42. The second kappa shape index (κ2) is 11.6. The van der Waals surface area contributed by atoms with Crippen LogP contribution in [0, 0.1) is 6.92 Å². The third-order valence-electron chi connectivity index (χ3n) is 6.37. The predicted octanol–water partition coefficient (Wildman–Crippen LogP) is 3.69. The Morgan fingerprint density at radius 2 is 1.78 bits per heavy atom. The van der Waals surface area contributed by atoms with Crippen molar-refractivity contribution in [2.75, 3.05) is 52.6 Å². The molecule has 0 radical (unpaired) electrons. The number of carbonyl (C=O) groups is 2. The molecule has 1 N–H and O–H groups in total. The largest absolute Gasteiger partial charge is 0.503 e. The van der Waals surface area contributed by atoms with E-state index >= 15 is 0 Å². The number of benzene rings is 1. The summed E-state index contributed by atoms with van der Waals surface area (Å²) >= 11 is 0. The first kappa shape index (κ1) is 25.8. The van der Waals surface area contributed by atoms with Crippen molar-refractivity contribution >= 4 is 11.7 Å². The summed E-state index contributed by atoms with van der Waals surface area (Å²) in [7, 11) is 0. The Morgan fingerprint density at radius 3 is 2.44 bits per heavy atom. The fraction of sp³-hybridized carbons (Fsp3) is 0.481. The van der Waals surface area contributed by atoms with Crippen molar-refractivity contribution in [2.24, 2.45) is 0 Å². The lowest BCUT2D eigenvalue weighted by molar-refractivity contribution is -0.129. The van der Waals surface area contributed by atoms with Gasteiger partial charge >= 0.3 is 0 Å². The van der Waals surface area contributed by atoms with Crippen LogP contribution in [-0.2, 0) is 9.53 Å². The highest BCUT2D eigenvalue weighted by Gasteiger charge is 2.44. The number of aliphatic hydroxyl groups is 1. The molecular weight excluding hydrogens is 464 g/mol. The molecule has 0 aliphatic carbocycles. The molecule has 0 bridgehead atoms. The molecule has 4 rings (SSSR count). The molecule has 1 aromatic heterocycles. The highest BCUT2D eigenvalue weighted by atomic mass is 16.5. The van der Waals surface area contributed by atoms with Gasteiger partial charge in [0.25, 0.3) is 5.91 Å². The van der Waals surface area contributed by atoms with Gasteiger partial charge in [0.2, 0.25) is 5.78 Å². The standard InChI is InChI=1S/C27H34N2O7/c1-4-34-20-10-8-19(17-22(20)35-5-2)24-23(25(30)21-9-7-18(3)36-21)26(31)27(32)29(24)12-6-11-28-13-15-33-16-14-28/h7-10,17,24,31H,4-6,11-16H2,1-3H3/t24-/m0/s1. The van der Waals surface area contributed by atoms with Crippen LogP contribution in [0.2, 0.25) is 0 Å². The molecule has 2 aliphatic heterocycles. The third-order valence-corrected chi connectivity index (χ3v) is 6.37. The lowest BCUT2D eigenvalue weighted by Gasteiger charge is -2.30. The maximum Gasteiger partial charge on any atom is 0.290 e. The van der Waals surface area contributed by atoms with Crippen molar-refractivity contribution in [2.45, 2.75) is 33.2 Å². The van der Waals surface area contributed by atoms with Crippen LogP contribution in [0.15, 0.2) is 46.1 Å². The van der Waals surface area contributed by atoms with Gasteiger partial charge < -0.3 is 28.6 Å². The molecule has 1 atom stereocenters. The van der Waals surface area contributed by atoms with Crippen LogP contribution in [-0.4, -0.2) is 79.2 Å². The summed E-state index contributed by atoms with van der Waals surface area (Å²) in [5.41, 5.74) is 0.657. The van der Waals surface area contributed by atoms with Gasteiger partial charge in [0.1, 0.15) is 5.76 Å². The maximum atomic E-state index is 13.5. The molecule has 2 aliphatic rings. The van der Waals surface area contributed by atoms with Gasteiger partial charge in [-0.2, -0.15) is 0 Å². The molecule has 1 amide bonds. The number of furan rings is 1. The van der Waals surface area contributed by atoms with Crippen LogP contribution in [0.25, 0.3) is 0 Å². The molecule has 36 heavy (non-hydrogen) atoms. The van der Waals surface area contributed by atoms with E-state index in [9.17, 15) is 14.7 Å². The molecule has 1 saturated heterocycles. The van der Waals surface area contributed by atoms with E-state index in [1.807, 2.05) is 13.8 Å². The molecule has 1 aromatic carbocycles. The van der Waals surface area contributed by atoms with Crippen molar-refractivity contribution < 1.29 is 33.3 Å². The van der Waals surface area contributed by atoms with E-state index in [0.717, 1.165) is 19.6 Å². The minimum absolute atomic E-state index is 0.00679. The van der Waals surface area contributed by atoms with Gasteiger partial charge in [-0.1, -0.05) is 6.07 Å². The van der Waals surface area contributed by atoms with Crippen molar-refractivity contribution in [3.8, 4) is 11.5 Å². The molecular formula is C27H34N2O7. The summed E-state index contributed by atoms with van der Waals surface area (Å²) in [6.07, 6.45) is 0.687. The molecule has 3 heterocycles. The van der Waals surface area contributed by atoms with E-state index in [-0.39, 0.29) is 11.3 Å². The molecule has 194 valence electrons. The average molecular weight is 499 g/mol. The van der Waals surface area contributed by atoms with Crippen molar-refractivity contribution in [1.29, 1.82) is 0 Å². The lowest BCUT2D eigenvalue weighted by Crippen LogP contribution is -2.39. The van der Waals surface area contributed by atoms with Gasteiger partial charge in [0.15, 0.2) is 23.0 Å². The molecule has 2 aromatic rings. The summed E-state index contributed by atoms with van der Waals surface area (Å²) in [5, 5.41) is 10.9. The molecule has 0 unspecified atom stereocenters. The van der Waals surface area contributed by atoms with E-state index < -0.39 is 23.5 Å². The first-order chi connectivity index (χ1) is 17.4. The number of morpholine rings is 1. The van der Waals surface area contributed by atoms with Crippen LogP contribution < -0.4 is 9.47 Å².